The van der Waals surface area contributed by atoms with E-state index >= 15 is 0 Å². The predicted octanol–water partition coefficient (Wildman–Crippen LogP) is 3.33. The Bertz CT molecular complexity index is 1020. The average Bonchev–Trinajstić information content (AvgIpc) is 2.81. The normalized spacial score (nSPS) is 22.9. The van der Waals surface area contributed by atoms with Gasteiger partial charge in [0.2, 0.25) is 11.8 Å². The molecule has 0 saturated carbocycles. The molecule has 3 atom stereocenters. The van der Waals surface area contributed by atoms with E-state index in [1.807, 2.05) is 11.8 Å². The number of rotatable bonds is 6. The second kappa shape index (κ2) is 11.1. The molecule has 1 aromatic carbocycles. The van der Waals surface area contributed by atoms with Gasteiger partial charge in [-0.3, -0.25) is 14.4 Å². The molecular weight excluding hydrogens is 510 g/mol. The molecule has 2 aliphatic rings. The summed E-state index contributed by atoms with van der Waals surface area (Å²) in [6, 6.07) is 7.46. The van der Waals surface area contributed by atoms with Gasteiger partial charge in [0.15, 0.2) is 0 Å². The van der Waals surface area contributed by atoms with E-state index in [4.69, 9.17) is 9.47 Å². The van der Waals surface area contributed by atoms with Crippen LogP contribution in [-0.4, -0.2) is 55.2 Å². The summed E-state index contributed by atoms with van der Waals surface area (Å²) in [4.78, 5) is 40.1. The molecule has 0 spiro atoms. The lowest BCUT2D eigenvalue weighted by Gasteiger charge is -2.34. The molecule has 2 amide bonds. The number of hydrogen-bond donors (Lipinski definition) is 1. The predicted molar refractivity (Wildman–Crippen MR) is 127 cm³/mol. The number of halogens is 1. The highest BCUT2D eigenvalue weighted by molar-refractivity contribution is 9.10. The summed E-state index contributed by atoms with van der Waals surface area (Å²) in [5.41, 5.74) is 0.796. The van der Waals surface area contributed by atoms with Crippen molar-refractivity contribution in [1.82, 2.24) is 10.2 Å². The lowest BCUT2D eigenvalue weighted by Crippen LogP contribution is -2.45. The van der Waals surface area contributed by atoms with Crippen LogP contribution in [0.4, 0.5) is 0 Å². The van der Waals surface area contributed by atoms with Gasteiger partial charge in [0.05, 0.1) is 41.1 Å². The average molecular weight is 536 g/mol. The Morgan fingerprint density at radius 1 is 1.33 bits per heavy atom. The third-order valence-corrected chi connectivity index (χ3v) is 7.60. The Morgan fingerprint density at radius 2 is 2.09 bits per heavy atom. The van der Waals surface area contributed by atoms with Crippen LogP contribution in [0.15, 0.2) is 33.3 Å². The quantitative estimate of drug-likeness (QED) is 0.439. The molecule has 0 aromatic heterocycles. The van der Waals surface area contributed by atoms with Crippen molar-refractivity contribution in [3.8, 4) is 11.8 Å². The molecule has 2 aliphatic heterocycles. The molecule has 33 heavy (non-hydrogen) atoms. The van der Waals surface area contributed by atoms with Crippen molar-refractivity contribution in [2.24, 2.45) is 5.92 Å². The van der Waals surface area contributed by atoms with Gasteiger partial charge in [-0.25, -0.2) is 0 Å². The van der Waals surface area contributed by atoms with E-state index in [0.717, 1.165) is 31.0 Å². The van der Waals surface area contributed by atoms with Crippen LogP contribution in [0.25, 0.3) is 0 Å². The highest BCUT2D eigenvalue weighted by atomic mass is 79.9. The number of carbonyl (C=O) groups excluding carboxylic acids is 3. The van der Waals surface area contributed by atoms with Gasteiger partial charge >= 0.3 is 5.97 Å². The fourth-order valence-electron chi connectivity index (χ4n) is 4.24. The summed E-state index contributed by atoms with van der Waals surface area (Å²) < 4.78 is 10.8. The Hall–Kier alpha value is -2.51. The van der Waals surface area contributed by atoms with Crippen molar-refractivity contribution >= 4 is 45.5 Å². The minimum atomic E-state index is -1.23. The molecule has 1 aromatic rings. The maximum absolute atomic E-state index is 13.0. The summed E-state index contributed by atoms with van der Waals surface area (Å²) in [5, 5.41) is 13.0. The maximum atomic E-state index is 13.0. The number of nitrogens with zero attached hydrogens (tertiary/aromatic N) is 2. The van der Waals surface area contributed by atoms with Crippen LogP contribution in [0.1, 0.15) is 37.7 Å². The smallest absolute Gasteiger partial charge is 0.319 e. The van der Waals surface area contributed by atoms with E-state index in [-0.39, 0.29) is 28.3 Å². The lowest BCUT2D eigenvalue weighted by molar-refractivity contribution is -0.150. The van der Waals surface area contributed by atoms with Gasteiger partial charge < -0.3 is 19.7 Å². The highest BCUT2D eigenvalue weighted by Gasteiger charge is 2.44. The van der Waals surface area contributed by atoms with E-state index in [0.29, 0.717) is 22.3 Å². The second-order valence-electron chi connectivity index (χ2n) is 7.94. The molecule has 0 bridgehead atoms. The first-order chi connectivity index (χ1) is 15.8. The lowest BCUT2D eigenvalue weighted by atomic mass is 9.78. The second-order valence-corrected chi connectivity index (χ2v) is 9.78. The third-order valence-electron chi connectivity index (χ3n) is 5.98. The zero-order valence-electron chi connectivity index (χ0n) is 18.7. The number of nitrogens with one attached hydrogen (secondary N) is 1. The number of thioether (sulfide) groups is 1. The summed E-state index contributed by atoms with van der Waals surface area (Å²) in [6.07, 6.45) is 3.04. The molecule has 10 heteroatoms. The molecule has 0 aliphatic carbocycles. The minimum absolute atomic E-state index is 0.0370. The molecule has 8 nitrogen and oxygen atoms in total. The van der Waals surface area contributed by atoms with Gasteiger partial charge in [-0.05, 0) is 59.8 Å². The number of piperidine rings is 1. The number of methoxy groups -OCH3 is 2. The van der Waals surface area contributed by atoms with Gasteiger partial charge in [-0.1, -0.05) is 17.8 Å². The summed E-state index contributed by atoms with van der Waals surface area (Å²) in [7, 11) is 2.73. The number of carbonyl (C=O) groups is 3. The molecule has 1 saturated heterocycles. The molecular formula is C23H26BrN3O5S. The standard InChI is InChI=1S/C23H26BrN3O5S/c1-13-6-4-5-9-27(13)18(28)12-33-22-15(11-25)19(20(21(29)26-22)23(30)32-3)14-7-8-17(31-2)16(24)10-14/h7-8,10,13,19-20H,4-6,9,12H2,1-3H3,(H,26,29)/t13-,19-,20-/m0/s1. The fourth-order valence-corrected chi connectivity index (χ4v) is 5.73. The van der Waals surface area contributed by atoms with Crippen molar-refractivity contribution in [1.29, 1.82) is 5.26 Å². The largest absolute Gasteiger partial charge is 0.496 e. The van der Waals surface area contributed by atoms with Crippen LogP contribution >= 0.6 is 27.7 Å². The number of likely N-dealkylation sites (tertiary alicyclic amines) is 1. The van der Waals surface area contributed by atoms with E-state index in [9.17, 15) is 19.6 Å². The molecule has 2 heterocycles. The van der Waals surface area contributed by atoms with Crippen LogP contribution in [0.2, 0.25) is 0 Å². The number of hydrogen-bond acceptors (Lipinski definition) is 7. The Labute approximate surface area is 205 Å². The molecule has 176 valence electrons. The first-order valence-electron chi connectivity index (χ1n) is 10.6. The van der Waals surface area contributed by atoms with Crippen molar-refractivity contribution < 1.29 is 23.9 Å². The SMILES string of the molecule is COC(=O)[C@@H]1C(=O)NC(SCC(=O)N2CCCC[C@@H]2C)=C(C#N)[C@@H]1c1ccc(OC)c(Br)c1. The summed E-state index contributed by atoms with van der Waals surface area (Å²) in [6.45, 7) is 2.74. The summed E-state index contributed by atoms with van der Waals surface area (Å²) >= 11 is 4.54. The molecule has 3 rings (SSSR count). The topological polar surface area (TPSA) is 109 Å². The van der Waals surface area contributed by atoms with Crippen molar-refractivity contribution in [3.05, 3.63) is 38.8 Å². The van der Waals surface area contributed by atoms with Crippen molar-refractivity contribution in [2.45, 2.75) is 38.1 Å². The number of benzene rings is 1. The van der Waals surface area contributed by atoms with Crippen LogP contribution in [0.5, 0.6) is 5.75 Å². The number of allylic oxidation sites excluding steroid dienone is 1. The van der Waals surface area contributed by atoms with Crippen molar-refractivity contribution in [2.75, 3.05) is 26.5 Å². The minimum Gasteiger partial charge on any atom is -0.496 e. The number of nitriles is 1. The maximum Gasteiger partial charge on any atom is 0.319 e. The van der Waals surface area contributed by atoms with Gasteiger partial charge in [-0.15, -0.1) is 0 Å². The van der Waals surface area contributed by atoms with Gasteiger partial charge in [0, 0.05) is 18.5 Å². The van der Waals surface area contributed by atoms with Crippen LogP contribution in [0.3, 0.4) is 0 Å². The third kappa shape index (κ3) is 5.36. The van der Waals surface area contributed by atoms with Crippen LogP contribution < -0.4 is 10.1 Å². The monoisotopic (exact) mass is 535 g/mol. The zero-order valence-corrected chi connectivity index (χ0v) is 21.1. The first kappa shape index (κ1) is 25.1. The number of amides is 2. The highest BCUT2D eigenvalue weighted by Crippen LogP contribution is 2.42. The first-order valence-corrected chi connectivity index (χ1v) is 12.4. The Morgan fingerprint density at radius 3 is 2.70 bits per heavy atom. The van der Waals surface area contributed by atoms with E-state index in [1.54, 1.807) is 18.2 Å². The number of esters is 1. The molecule has 1 N–H and O–H groups in total. The van der Waals surface area contributed by atoms with Crippen LogP contribution in [-0.2, 0) is 19.1 Å². The molecule has 0 radical (unpaired) electrons. The van der Waals surface area contributed by atoms with Gasteiger partial charge in [0.1, 0.15) is 11.7 Å². The van der Waals surface area contributed by atoms with E-state index < -0.39 is 23.7 Å². The van der Waals surface area contributed by atoms with Crippen LogP contribution in [0, 0.1) is 17.2 Å². The summed E-state index contributed by atoms with van der Waals surface area (Å²) in [5.74, 6) is -2.76. The van der Waals surface area contributed by atoms with Crippen molar-refractivity contribution in [3.63, 3.8) is 0 Å². The molecule has 1 fully saturated rings. The Balaban J connectivity index is 1.96. The van der Waals surface area contributed by atoms with Gasteiger partial charge in [0.25, 0.3) is 0 Å². The van der Waals surface area contributed by atoms with E-state index in [1.165, 1.54) is 14.2 Å². The van der Waals surface area contributed by atoms with Gasteiger partial charge in [-0.2, -0.15) is 5.26 Å². The fraction of sp³-hybridized carbons (Fsp3) is 0.478. The zero-order chi connectivity index (χ0) is 24.1. The van der Waals surface area contributed by atoms with E-state index in [2.05, 4.69) is 27.3 Å². The number of ether oxygens (including phenoxy) is 2. The molecule has 0 unspecified atom stereocenters. The Kier molecular flexibility index (Phi) is 8.43.